The number of benzene rings is 2. The number of sulfonamides is 1. The lowest BCUT2D eigenvalue weighted by Crippen LogP contribution is -2.34. The molecule has 0 atom stereocenters. The molecular formula is C21H24N2O6S. The van der Waals surface area contributed by atoms with Gasteiger partial charge in [0.05, 0.1) is 19.1 Å². The lowest BCUT2D eigenvalue weighted by molar-refractivity contribution is 0.267. The maximum absolute atomic E-state index is 13.2. The molecule has 0 saturated carbocycles. The number of H-pyrrole nitrogens is 1. The fraction of sp³-hybridized carbons (Fsp3) is 0.286. The van der Waals surface area contributed by atoms with E-state index in [1.54, 1.807) is 43.5 Å². The first kappa shape index (κ1) is 21.8. The summed E-state index contributed by atoms with van der Waals surface area (Å²) in [5.41, 5.74) is 0.557. The van der Waals surface area contributed by atoms with Crippen molar-refractivity contribution in [3.8, 4) is 11.5 Å². The van der Waals surface area contributed by atoms with Crippen molar-refractivity contribution in [3.05, 3.63) is 64.4 Å². The molecule has 0 amide bonds. The molecule has 3 rings (SSSR count). The van der Waals surface area contributed by atoms with Gasteiger partial charge in [0, 0.05) is 36.2 Å². The zero-order chi connectivity index (χ0) is 21.7. The van der Waals surface area contributed by atoms with Gasteiger partial charge >= 0.3 is 0 Å². The molecule has 0 aliphatic carbocycles. The molecule has 0 bridgehead atoms. The van der Waals surface area contributed by atoms with Gasteiger partial charge in [-0.25, -0.2) is 8.42 Å². The van der Waals surface area contributed by atoms with Crippen LogP contribution in [0.15, 0.2) is 58.2 Å². The number of pyridine rings is 1. The van der Waals surface area contributed by atoms with Crippen LogP contribution in [0.4, 0.5) is 0 Å². The summed E-state index contributed by atoms with van der Waals surface area (Å²) >= 11 is 0. The van der Waals surface area contributed by atoms with E-state index in [0.29, 0.717) is 22.6 Å². The number of rotatable bonds is 9. The molecule has 2 N–H and O–H groups in total. The third kappa shape index (κ3) is 4.64. The number of fused-ring (bicyclic) bond motifs is 1. The molecule has 3 aromatic rings. The Morgan fingerprint density at radius 3 is 2.30 bits per heavy atom. The van der Waals surface area contributed by atoms with E-state index >= 15 is 0 Å². The molecule has 2 aromatic carbocycles. The smallest absolute Gasteiger partial charge is 0.252 e. The third-order valence-corrected chi connectivity index (χ3v) is 6.60. The first-order valence-corrected chi connectivity index (χ1v) is 10.8. The molecule has 0 aliphatic heterocycles. The number of ether oxygens (including phenoxy) is 2. The average molecular weight is 432 g/mol. The first-order valence-electron chi connectivity index (χ1n) is 9.34. The number of hydrogen-bond acceptors (Lipinski definition) is 6. The second-order valence-corrected chi connectivity index (χ2v) is 8.61. The summed E-state index contributed by atoms with van der Waals surface area (Å²) in [7, 11) is -0.845. The van der Waals surface area contributed by atoms with Crippen LogP contribution in [-0.2, 0) is 16.6 Å². The van der Waals surface area contributed by atoms with Gasteiger partial charge in [0.1, 0.15) is 11.5 Å². The molecule has 0 unspecified atom stereocenters. The largest absolute Gasteiger partial charge is 0.497 e. The molecule has 0 aliphatic rings. The van der Waals surface area contributed by atoms with Gasteiger partial charge in [-0.15, -0.1) is 0 Å². The Balaban J connectivity index is 1.99. The summed E-state index contributed by atoms with van der Waals surface area (Å²) in [6, 6.07) is 12.9. The van der Waals surface area contributed by atoms with Gasteiger partial charge in [0.25, 0.3) is 5.56 Å². The molecule has 0 fully saturated rings. The number of aromatic amines is 1. The van der Waals surface area contributed by atoms with Crippen molar-refractivity contribution < 1.29 is 23.0 Å². The summed E-state index contributed by atoms with van der Waals surface area (Å²) in [5, 5.41) is 9.95. The molecule has 160 valence electrons. The van der Waals surface area contributed by atoms with Crippen LogP contribution >= 0.6 is 0 Å². The summed E-state index contributed by atoms with van der Waals surface area (Å²) in [6.45, 7) is -0.225. The number of methoxy groups -OCH3 is 2. The molecule has 1 heterocycles. The Hall–Kier alpha value is -2.88. The normalized spacial score (nSPS) is 11.7. The average Bonchev–Trinajstić information content (AvgIpc) is 2.76. The molecule has 0 radical (unpaired) electrons. The Labute approximate surface area is 174 Å². The van der Waals surface area contributed by atoms with Crippen LogP contribution in [0, 0.1) is 0 Å². The highest BCUT2D eigenvalue weighted by Crippen LogP contribution is 2.23. The Kier molecular flexibility index (Phi) is 6.76. The predicted molar refractivity (Wildman–Crippen MR) is 113 cm³/mol. The highest BCUT2D eigenvalue weighted by Gasteiger charge is 2.25. The van der Waals surface area contributed by atoms with Crippen LogP contribution in [0.25, 0.3) is 10.9 Å². The first-order chi connectivity index (χ1) is 14.4. The van der Waals surface area contributed by atoms with Crippen LogP contribution in [0.5, 0.6) is 11.5 Å². The van der Waals surface area contributed by atoms with E-state index in [1.165, 1.54) is 23.5 Å². The maximum atomic E-state index is 13.2. The highest BCUT2D eigenvalue weighted by molar-refractivity contribution is 7.89. The number of aliphatic hydroxyl groups is 1. The number of nitrogens with one attached hydrogen (secondary N) is 1. The molecule has 1 aromatic heterocycles. The van der Waals surface area contributed by atoms with E-state index in [0.717, 1.165) is 5.39 Å². The van der Waals surface area contributed by atoms with Crippen LogP contribution in [0.1, 0.15) is 12.0 Å². The molecule has 0 spiro atoms. The minimum atomic E-state index is -3.89. The van der Waals surface area contributed by atoms with Crippen molar-refractivity contribution in [2.24, 2.45) is 0 Å². The van der Waals surface area contributed by atoms with Crippen molar-refractivity contribution in [2.45, 2.75) is 17.9 Å². The fourth-order valence-electron chi connectivity index (χ4n) is 3.09. The minimum Gasteiger partial charge on any atom is -0.497 e. The fourth-order valence-corrected chi connectivity index (χ4v) is 4.55. The van der Waals surface area contributed by atoms with Crippen molar-refractivity contribution in [1.29, 1.82) is 0 Å². The van der Waals surface area contributed by atoms with Crippen LogP contribution in [0.3, 0.4) is 0 Å². The highest BCUT2D eigenvalue weighted by atomic mass is 32.2. The molecule has 30 heavy (non-hydrogen) atoms. The summed E-state index contributed by atoms with van der Waals surface area (Å²) in [5.74, 6) is 1.17. The van der Waals surface area contributed by atoms with E-state index in [2.05, 4.69) is 4.98 Å². The van der Waals surface area contributed by atoms with Gasteiger partial charge in [-0.05, 0) is 55.0 Å². The number of aliphatic hydroxyl groups excluding tert-OH is 1. The predicted octanol–water partition coefficient (Wildman–Crippen LogP) is 2.12. The monoisotopic (exact) mass is 432 g/mol. The van der Waals surface area contributed by atoms with Gasteiger partial charge in [-0.2, -0.15) is 4.31 Å². The Bertz CT molecular complexity index is 1170. The van der Waals surface area contributed by atoms with E-state index in [9.17, 15) is 18.3 Å². The van der Waals surface area contributed by atoms with Crippen molar-refractivity contribution in [1.82, 2.24) is 9.29 Å². The summed E-state index contributed by atoms with van der Waals surface area (Å²) in [4.78, 5) is 15.4. The zero-order valence-electron chi connectivity index (χ0n) is 16.8. The van der Waals surface area contributed by atoms with E-state index < -0.39 is 10.0 Å². The van der Waals surface area contributed by atoms with E-state index in [1.807, 2.05) is 0 Å². The lowest BCUT2D eigenvalue weighted by Gasteiger charge is -2.22. The number of hydrogen-bond donors (Lipinski definition) is 2. The number of aromatic nitrogens is 1. The Morgan fingerprint density at radius 2 is 1.67 bits per heavy atom. The van der Waals surface area contributed by atoms with Gasteiger partial charge in [0.2, 0.25) is 10.0 Å². The molecular weight excluding hydrogens is 408 g/mol. The van der Waals surface area contributed by atoms with Crippen molar-refractivity contribution >= 4 is 20.9 Å². The maximum Gasteiger partial charge on any atom is 0.252 e. The van der Waals surface area contributed by atoms with Gasteiger partial charge in [0.15, 0.2) is 0 Å². The van der Waals surface area contributed by atoms with E-state index in [4.69, 9.17) is 9.47 Å². The summed E-state index contributed by atoms with van der Waals surface area (Å²) < 4.78 is 37.9. The second kappa shape index (κ2) is 9.29. The Morgan fingerprint density at radius 1 is 1.00 bits per heavy atom. The standard InChI is InChI=1S/C21H24N2O6S/c1-28-17-4-7-19(8-5-17)30(26,27)23(10-3-11-24)14-16-12-15-13-18(29-2)6-9-20(15)22-21(16)25/h4-9,12-13,24H,3,10-11,14H2,1-2H3,(H,22,25). The quantitative estimate of drug-likeness (QED) is 0.536. The minimum absolute atomic E-state index is 0.0699. The van der Waals surface area contributed by atoms with Crippen LogP contribution in [0.2, 0.25) is 0 Å². The van der Waals surface area contributed by atoms with Gasteiger partial charge in [-0.3, -0.25) is 4.79 Å². The van der Waals surface area contributed by atoms with Crippen molar-refractivity contribution in [3.63, 3.8) is 0 Å². The second-order valence-electron chi connectivity index (χ2n) is 6.67. The number of nitrogens with zero attached hydrogens (tertiary/aromatic N) is 1. The summed E-state index contributed by atoms with van der Waals surface area (Å²) in [6.07, 6.45) is 0.245. The molecule has 0 saturated heterocycles. The third-order valence-electron chi connectivity index (χ3n) is 4.74. The van der Waals surface area contributed by atoms with Crippen LogP contribution in [-0.4, -0.2) is 50.2 Å². The van der Waals surface area contributed by atoms with Crippen molar-refractivity contribution in [2.75, 3.05) is 27.4 Å². The SMILES string of the molecule is COc1ccc(S(=O)(=O)N(CCCO)Cc2cc3cc(OC)ccc3[nH]c2=O)cc1. The topological polar surface area (TPSA) is 109 Å². The van der Waals surface area contributed by atoms with Gasteiger partial charge in [-0.1, -0.05) is 0 Å². The lowest BCUT2D eigenvalue weighted by atomic mass is 10.1. The zero-order valence-corrected chi connectivity index (χ0v) is 17.6. The molecule has 8 nitrogen and oxygen atoms in total. The van der Waals surface area contributed by atoms with Crippen LogP contribution < -0.4 is 15.0 Å². The van der Waals surface area contributed by atoms with Gasteiger partial charge < -0.3 is 19.6 Å². The molecule has 9 heteroatoms. The van der Waals surface area contributed by atoms with E-state index in [-0.39, 0.29) is 36.6 Å².